The van der Waals surface area contributed by atoms with Crippen LogP contribution in [-0.4, -0.2) is 18.9 Å². The van der Waals surface area contributed by atoms with E-state index in [2.05, 4.69) is 40.7 Å². The maximum absolute atomic E-state index is 13.2. The molecule has 0 spiro atoms. The molecule has 0 bridgehead atoms. The summed E-state index contributed by atoms with van der Waals surface area (Å²) >= 11 is 0. The molecule has 7 atom stereocenters. The predicted molar refractivity (Wildman–Crippen MR) is 122 cm³/mol. The van der Waals surface area contributed by atoms with E-state index in [1.165, 1.54) is 0 Å². The molecule has 5 rings (SSSR count). The Kier molecular flexibility index (Phi) is 4.53. The molecule has 5 aliphatic rings. The van der Waals surface area contributed by atoms with Gasteiger partial charge in [0.05, 0.1) is 12.5 Å². The number of ketones is 1. The maximum atomic E-state index is 13.2. The molecule has 4 fully saturated rings. The Bertz CT molecular complexity index is 854. The van der Waals surface area contributed by atoms with E-state index in [4.69, 9.17) is 4.74 Å². The fourth-order valence-electron chi connectivity index (χ4n) is 9.62. The van der Waals surface area contributed by atoms with Crippen LogP contribution in [0.25, 0.3) is 0 Å². The fourth-order valence-corrected chi connectivity index (χ4v) is 9.62. The van der Waals surface area contributed by atoms with Gasteiger partial charge < -0.3 is 4.74 Å². The number of hydrogen-bond acceptors (Lipinski definition) is 3. The lowest BCUT2D eigenvalue weighted by Gasteiger charge is -2.68. The minimum atomic E-state index is -0.330. The van der Waals surface area contributed by atoms with Crippen LogP contribution in [0.4, 0.5) is 0 Å². The summed E-state index contributed by atoms with van der Waals surface area (Å²) in [4.78, 5) is 25.9. The molecule has 0 radical (unpaired) electrons. The molecule has 31 heavy (non-hydrogen) atoms. The number of methoxy groups -OCH3 is 1. The lowest BCUT2D eigenvalue weighted by atomic mass is 9.36. The second-order valence-corrected chi connectivity index (χ2v) is 13.3. The molecule has 5 aliphatic carbocycles. The Morgan fingerprint density at radius 1 is 0.968 bits per heavy atom. The standard InChI is InChI=1S/C28H42O3/c1-24(2)13-15-28(23(30)31-6)16-14-26(4)18(20(28)17-24)7-8-22-25(3)11-10-21(29)19(25)9-12-27(22,26)5/h7,19-20,22H,8-17H2,1-6H3. The van der Waals surface area contributed by atoms with Crippen LogP contribution in [0.15, 0.2) is 11.6 Å². The third-order valence-electron chi connectivity index (χ3n) is 11.8. The molecule has 172 valence electrons. The Labute approximate surface area is 188 Å². The molecule has 0 heterocycles. The van der Waals surface area contributed by atoms with Crippen LogP contribution in [-0.2, 0) is 14.3 Å². The lowest BCUT2D eigenvalue weighted by Crippen LogP contribution is -2.61. The van der Waals surface area contributed by atoms with Gasteiger partial charge in [0.1, 0.15) is 5.78 Å². The first-order chi connectivity index (χ1) is 14.4. The van der Waals surface area contributed by atoms with Crippen LogP contribution in [0.5, 0.6) is 0 Å². The number of allylic oxidation sites excluding steroid dienone is 2. The van der Waals surface area contributed by atoms with Crippen molar-refractivity contribution >= 4 is 11.8 Å². The summed E-state index contributed by atoms with van der Waals surface area (Å²) in [5.41, 5.74) is 1.98. The highest BCUT2D eigenvalue weighted by Gasteiger charge is 2.68. The Morgan fingerprint density at radius 2 is 1.68 bits per heavy atom. The lowest BCUT2D eigenvalue weighted by molar-refractivity contribution is -0.174. The van der Waals surface area contributed by atoms with Crippen molar-refractivity contribution in [3.05, 3.63) is 11.6 Å². The highest BCUT2D eigenvalue weighted by atomic mass is 16.5. The SMILES string of the molecule is COC(=O)C12CCC(C)(C)CC1C1=CCC3C4(C)CCC(=O)C4CCC3(C)C1(C)CC2. The number of carbonyl (C=O) groups excluding carboxylic acids is 2. The molecular formula is C28H42O3. The summed E-state index contributed by atoms with van der Waals surface area (Å²) in [5, 5.41) is 0. The zero-order valence-corrected chi connectivity index (χ0v) is 20.6. The van der Waals surface area contributed by atoms with Gasteiger partial charge in [0.15, 0.2) is 0 Å². The second kappa shape index (κ2) is 6.48. The largest absolute Gasteiger partial charge is 0.469 e. The molecule has 0 aromatic rings. The van der Waals surface area contributed by atoms with E-state index in [1.54, 1.807) is 12.7 Å². The number of fused-ring (bicyclic) bond motifs is 7. The summed E-state index contributed by atoms with van der Waals surface area (Å²) in [6, 6.07) is 0. The van der Waals surface area contributed by atoms with E-state index >= 15 is 0 Å². The minimum Gasteiger partial charge on any atom is -0.469 e. The topological polar surface area (TPSA) is 43.4 Å². The van der Waals surface area contributed by atoms with Gasteiger partial charge in [-0.3, -0.25) is 9.59 Å². The second-order valence-electron chi connectivity index (χ2n) is 13.3. The predicted octanol–water partition coefficient (Wildman–Crippen LogP) is 6.50. The average Bonchev–Trinajstić information content (AvgIpc) is 3.02. The molecule has 3 heteroatoms. The quantitative estimate of drug-likeness (QED) is 0.355. The zero-order valence-electron chi connectivity index (χ0n) is 20.6. The number of ether oxygens (including phenoxy) is 1. The van der Waals surface area contributed by atoms with E-state index in [-0.39, 0.29) is 39.0 Å². The van der Waals surface area contributed by atoms with E-state index in [1.807, 2.05) is 0 Å². The van der Waals surface area contributed by atoms with Crippen molar-refractivity contribution in [2.75, 3.05) is 7.11 Å². The minimum absolute atomic E-state index is 0.0280. The van der Waals surface area contributed by atoms with Gasteiger partial charge in [0, 0.05) is 12.3 Å². The molecule has 7 unspecified atom stereocenters. The van der Waals surface area contributed by atoms with Gasteiger partial charge in [-0.15, -0.1) is 0 Å². The molecule has 0 amide bonds. The van der Waals surface area contributed by atoms with Crippen LogP contribution in [0.3, 0.4) is 0 Å². The van der Waals surface area contributed by atoms with Crippen molar-refractivity contribution in [1.29, 1.82) is 0 Å². The van der Waals surface area contributed by atoms with Crippen molar-refractivity contribution in [1.82, 2.24) is 0 Å². The molecule has 0 N–H and O–H groups in total. The van der Waals surface area contributed by atoms with E-state index < -0.39 is 0 Å². The van der Waals surface area contributed by atoms with E-state index in [0.29, 0.717) is 17.6 Å². The average molecular weight is 427 g/mol. The summed E-state index contributed by atoms with van der Waals surface area (Å²) in [6.45, 7) is 12.3. The Balaban J connectivity index is 1.61. The maximum Gasteiger partial charge on any atom is 0.312 e. The number of carbonyl (C=O) groups is 2. The Morgan fingerprint density at radius 3 is 2.39 bits per heavy atom. The zero-order chi connectivity index (χ0) is 22.4. The molecule has 4 saturated carbocycles. The van der Waals surface area contributed by atoms with Crippen molar-refractivity contribution < 1.29 is 14.3 Å². The van der Waals surface area contributed by atoms with Gasteiger partial charge in [-0.05, 0) is 91.3 Å². The molecule has 0 aromatic carbocycles. The molecule has 0 aliphatic heterocycles. The Hall–Kier alpha value is -1.12. The van der Waals surface area contributed by atoms with Crippen molar-refractivity contribution in [3.63, 3.8) is 0 Å². The van der Waals surface area contributed by atoms with Crippen molar-refractivity contribution in [2.45, 2.75) is 98.8 Å². The van der Waals surface area contributed by atoms with E-state index in [9.17, 15) is 9.59 Å². The van der Waals surface area contributed by atoms with Gasteiger partial charge in [0.2, 0.25) is 0 Å². The van der Waals surface area contributed by atoms with Gasteiger partial charge in [-0.1, -0.05) is 46.3 Å². The summed E-state index contributed by atoms with van der Waals surface area (Å²) in [7, 11) is 1.58. The first kappa shape index (κ1) is 21.7. The summed E-state index contributed by atoms with van der Waals surface area (Å²) in [5.74, 6) is 1.69. The van der Waals surface area contributed by atoms with Gasteiger partial charge in [-0.25, -0.2) is 0 Å². The first-order valence-corrected chi connectivity index (χ1v) is 12.8. The molecule has 0 aromatic heterocycles. The molecular weight excluding hydrogens is 384 g/mol. The van der Waals surface area contributed by atoms with Crippen LogP contribution in [0.1, 0.15) is 98.8 Å². The van der Waals surface area contributed by atoms with Crippen molar-refractivity contribution in [2.24, 2.45) is 44.8 Å². The van der Waals surface area contributed by atoms with Crippen LogP contribution in [0, 0.1) is 44.8 Å². The van der Waals surface area contributed by atoms with Crippen LogP contribution < -0.4 is 0 Å². The number of hydrogen-bond donors (Lipinski definition) is 0. The summed E-state index contributed by atoms with van der Waals surface area (Å²) in [6.07, 6.45) is 12.9. The third kappa shape index (κ3) is 2.58. The van der Waals surface area contributed by atoms with Gasteiger partial charge in [-0.2, -0.15) is 0 Å². The fraction of sp³-hybridized carbons (Fsp3) is 0.857. The highest BCUT2D eigenvalue weighted by Crippen LogP contribution is 2.74. The van der Waals surface area contributed by atoms with E-state index in [0.717, 1.165) is 64.2 Å². The molecule has 3 nitrogen and oxygen atoms in total. The third-order valence-corrected chi connectivity index (χ3v) is 11.8. The number of rotatable bonds is 1. The first-order valence-electron chi connectivity index (χ1n) is 12.8. The summed E-state index contributed by atoms with van der Waals surface area (Å²) < 4.78 is 5.44. The molecule has 0 saturated heterocycles. The van der Waals surface area contributed by atoms with Gasteiger partial charge >= 0.3 is 5.97 Å². The number of Topliss-reactive ketones (excluding diaryl/α,β-unsaturated/α-hetero) is 1. The number of esters is 1. The highest BCUT2D eigenvalue weighted by molar-refractivity contribution is 5.84. The smallest absolute Gasteiger partial charge is 0.312 e. The van der Waals surface area contributed by atoms with Gasteiger partial charge in [0.25, 0.3) is 0 Å². The normalized spacial score (nSPS) is 50.5. The van der Waals surface area contributed by atoms with Crippen LogP contribution in [0.2, 0.25) is 0 Å². The monoisotopic (exact) mass is 426 g/mol. The van der Waals surface area contributed by atoms with Crippen LogP contribution >= 0.6 is 0 Å². The van der Waals surface area contributed by atoms with Crippen molar-refractivity contribution in [3.8, 4) is 0 Å².